The predicted octanol–water partition coefficient (Wildman–Crippen LogP) is 8.81. The Kier molecular flexibility index (Phi) is 8.29. The molecule has 0 aliphatic carbocycles. The van der Waals surface area contributed by atoms with Crippen LogP contribution in [0, 0.1) is 30.2 Å². The summed E-state index contributed by atoms with van der Waals surface area (Å²) in [5, 5.41) is 0. The summed E-state index contributed by atoms with van der Waals surface area (Å²) in [6.45, 7) is 5.56. The number of hydrogen-bond acceptors (Lipinski definition) is 2. The maximum atomic E-state index is 14.9. The van der Waals surface area contributed by atoms with Gasteiger partial charge in [-0.2, -0.15) is 4.39 Å². The SMILES string of the molecule is C=CCCCOc1ccc(COc2ccc(-c3ccc(-c4ccc(C)cc4)c(F)c3F)cc2)c(F)c1F. The number of allylic oxidation sites excluding steroid dienone is 1. The zero-order valence-electron chi connectivity index (χ0n) is 20.4. The topological polar surface area (TPSA) is 18.5 Å². The van der Waals surface area contributed by atoms with Crippen LogP contribution >= 0.6 is 0 Å². The quantitative estimate of drug-likeness (QED) is 0.122. The molecule has 0 atom stereocenters. The van der Waals surface area contributed by atoms with Crippen molar-refractivity contribution in [3.05, 3.63) is 120 Å². The first-order valence-corrected chi connectivity index (χ1v) is 11.9. The van der Waals surface area contributed by atoms with Gasteiger partial charge in [-0.05, 0) is 55.2 Å². The molecule has 0 bridgehead atoms. The minimum absolute atomic E-state index is 0.0276. The van der Waals surface area contributed by atoms with E-state index in [1.54, 1.807) is 48.5 Å². The van der Waals surface area contributed by atoms with Crippen molar-refractivity contribution in [3.63, 3.8) is 0 Å². The van der Waals surface area contributed by atoms with Gasteiger partial charge >= 0.3 is 0 Å². The highest BCUT2D eigenvalue weighted by Crippen LogP contribution is 2.32. The molecule has 4 aromatic carbocycles. The van der Waals surface area contributed by atoms with Crippen molar-refractivity contribution in [2.24, 2.45) is 0 Å². The number of unbranched alkanes of at least 4 members (excludes halogenated alkanes) is 1. The smallest absolute Gasteiger partial charge is 0.201 e. The third-order valence-electron chi connectivity index (χ3n) is 5.94. The maximum Gasteiger partial charge on any atom is 0.201 e. The first-order chi connectivity index (χ1) is 17.9. The summed E-state index contributed by atoms with van der Waals surface area (Å²) in [6, 6.07) is 19.3. The lowest BCUT2D eigenvalue weighted by atomic mass is 9.98. The normalized spacial score (nSPS) is 10.8. The number of hydrogen-bond donors (Lipinski definition) is 0. The molecule has 0 fully saturated rings. The average Bonchev–Trinajstić information content (AvgIpc) is 2.91. The van der Waals surface area contributed by atoms with Crippen LogP contribution in [0.25, 0.3) is 22.3 Å². The molecule has 0 aromatic heterocycles. The molecule has 37 heavy (non-hydrogen) atoms. The van der Waals surface area contributed by atoms with E-state index in [-0.39, 0.29) is 35.7 Å². The highest BCUT2D eigenvalue weighted by molar-refractivity contribution is 5.72. The highest BCUT2D eigenvalue weighted by Gasteiger charge is 2.17. The van der Waals surface area contributed by atoms with E-state index in [0.717, 1.165) is 12.0 Å². The van der Waals surface area contributed by atoms with Crippen LogP contribution < -0.4 is 9.47 Å². The molecule has 0 aliphatic rings. The number of ether oxygens (including phenoxy) is 2. The van der Waals surface area contributed by atoms with Crippen LogP contribution in [0.1, 0.15) is 24.0 Å². The minimum Gasteiger partial charge on any atom is -0.490 e. The fourth-order valence-electron chi connectivity index (χ4n) is 3.82. The van der Waals surface area contributed by atoms with Crippen LogP contribution in [0.3, 0.4) is 0 Å². The molecule has 0 amide bonds. The lowest BCUT2D eigenvalue weighted by Gasteiger charge is -2.12. The lowest BCUT2D eigenvalue weighted by Crippen LogP contribution is -2.04. The first-order valence-electron chi connectivity index (χ1n) is 11.9. The third kappa shape index (κ3) is 6.02. The number of aryl methyl sites for hydroxylation is 1. The Labute approximate surface area is 213 Å². The van der Waals surface area contributed by atoms with E-state index in [1.807, 2.05) is 19.1 Å². The second-order valence-electron chi connectivity index (χ2n) is 8.60. The van der Waals surface area contributed by atoms with Gasteiger partial charge < -0.3 is 9.47 Å². The van der Waals surface area contributed by atoms with Crippen LogP contribution in [0.4, 0.5) is 17.6 Å². The fraction of sp³-hybridized carbons (Fsp3) is 0.161. The maximum absolute atomic E-state index is 14.9. The van der Waals surface area contributed by atoms with E-state index < -0.39 is 23.3 Å². The molecule has 0 unspecified atom stereocenters. The summed E-state index contributed by atoms with van der Waals surface area (Å²) >= 11 is 0. The van der Waals surface area contributed by atoms with Crippen molar-refractivity contribution in [3.8, 4) is 33.8 Å². The van der Waals surface area contributed by atoms with Gasteiger partial charge in [-0.15, -0.1) is 6.58 Å². The summed E-state index contributed by atoms with van der Waals surface area (Å²) in [4.78, 5) is 0. The molecule has 0 radical (unpaired) electrons. The molecule has 0 aliphatic heterocycles. The number of halogens is 4. The van der Waals surface area contributed by atoms with Gasteiger partial charge in [0.1, 0.15) is 12.4 Å². The highest BCUT2D eigenvalue weighted by atomic mass is 19.2. The second kappa shape index (κ2) is 11.8. The van der Waals surface area contributed by atoms with Gasteiger partial charge in [0.15, 0.2) is 23.2 Å². The molecule has 4 rings (SSSR count). The van der Waals surface area contributed by atoms with Crippen molar-refractivity contribution in [2.75, 3.05) is 6.61 Å². The van der Waals surface area contributed by atoms with Crippen LogP contribution in [0.5, 0.6) is 11.5 Å². The molecule has 4 aromatic rings. The second-order valence-corrected chi connectivity index (χ2v) is 8.60. The Morgan fingerprint density at radius 3 is 1.86 bits per heavy atom. The van der Waals surface area contributed by atoms with Crippen molar-refractivity contribution < 1.29 is 27.0 Å². The summed E-state index contributed by atoms with van der Waals surface area (Å²) in [6.07, 6.45) is 3.10. The summed E-state index contributed by atoms with van der Waals surface area (Å²) in [5.74, 6) is -3.77. The Balaban J connectivity index is 1.44. The molecule has 2 nitrogen and oxygen atoms in total. The van der Waals surface area contributed by atoms with Crippen LogP contribution in [0.2, 0.25) is 0 Å². The number of rotatable bonds is 10. The van der Waals surface area contributed by atoms with E-state index in [4.69, 9.17) is 9.47 Å². The Hall–Kier alpha value is -4.06. The van der Waals surface area contributed by atoms with Gasteiger partial charge in [0, 0.05) is 16.7 Å². The lowest BCUT2D eigenvalue weighted by molar-refractivity contribution is 0.280. The summed E-state index contributed by atoms with van der Waals surface area (Å²) < 4.78 is 69.4. The van der Waals surface area contributed by atoms with Gasteiger partial charge in [-0.1, -0.05) is 60.2 Å². The molecular weight excluding hydrogens is 480 g/mol. The first kappa shape index (κ1) is 26.0. The van der Waals surface area contributed by atoms with Gasteiger partial charge in [0.2, 0.25) is 5.82 Å². The van der Waals surface area contributed by atoms with Crippen molar-refractivity contribution in [2.45, 2.75) is 26.4 Å². The van der Waals surface area contributed by atoms with Gasteiger partial charge in [0.05, 0.1) is 6.61 Å². The van der Waals surface area contributed by atoms with Crippen LogP contribution in [-0.4, -0.2) is 6.61 Å². The van der Waals surface area contributed by atoms with E-state index in [2.05, 4.69) is 6.58 Å². The molecule has 0 heterocycles. The Bertz CT molecular complexity index is 1380. The third-order valence-corrected chi connectivity index (χ3v) is 5.94. The summed E-state index contributed by atoms with van der Waals surface area (Å²) in [7, 11) is 0. The predicted molar refractivity (Wildman–Crippen MR) is 138 cm³/mol. The van der Waals surface area contributed by atoms with E-state index in [0.29, 0.717) is 23.3 Å². The van der Waals surface area contributed by atoms with E-state index >= 15 is 0 Å². The molecular formula is C31H26F4O2. The van der Waals surface area contributed by atoms with Crippen molar-refractivity contribution in [1.82, 2.24) is 0 Å². The molecule has 0 saturated carbocycles. The van der Waals surface area contributed by atoms with Gasteiger partial charge in [-0.25, -0.2) is 13.2 Å². The molecule has 0 N–H and O–H groups in total. The van der Waals surface area contributed by atoms with Crippen LogP contribution in [-0.2, 0) is 6.61 Å². The monoisotopic (exact) mass is 506 g/mol. The van der Waals surface area contributed by atoms with Crippen LogP contribution in [0.15, 0.2) is 85.5 Å². The van der Waals surface area contributed by atoms with Gasteiger partial charge in [-0.3, -0.25) is 0 Å². The Morgan fingerprint density at radius 1 is 0.676 bits per heavy atom. The number of benzene rings is 4. The zero-order valence-corrected chi connectivity index (χ0v) is 20.4. The standard InChI is InChI=1S/C31H26F4O2/c1-3-4-5-18-36-27-17-12-23(28(32)31(27)35)19-37-24-13-10-22(11-14-24)26-16-15-25(29(33)30(26)34)21-8-6-20(2)7-9-21/h3,6-17H,1,4-5,18-19H2,2H3. The Morgan fingerprint density at radius 2 is 1.27 bits per heavy atom. The molecule has 190 valence electrons. The summed E-state index contributed by atoms with van der Waals surface area (Å²) in [5.41, 5.74) is 2.39. The van der Waals surface area contributed by atoms with E-state index in [9.17, 15) is 17.6 Å². The zero-order chi connectivity index (χ0) is 26.4. The molecule has 0 spiro atoms. The van der Waals surface area contributed by atoms with Crippen molar-refractivity contribution in [1.29, 1.82) is 0 Å². The molecule has 0 saturated heterocycles. The minimum atomic E-state index is -1.07. The molecule has 6 heteroatoms. The van der Waals surface area contributed by atoms with Crippen molar-refractivity contribution >= 4 is 0 Å². The fourth-order valence-corrected chi connectivity index (χ4v) is 3.82. The average molecular weight is 507 g/mol. The van der Waals surface area contributed by atoms with E-state index in [1.165, 1.54) is 18.2 Å². The van der Waals surface area contributed by atoms with Gasteiger partial charge in [0.25, 0.3) is 0 Å². The largest absolute Gasteiger partial charge is 0.490 e.